The molecular weight excluding hydrogens is 262 g/mol. The van der Waals surface area contributed by atoms with Gasteiger partial charge < -0.3 is 4.42 Å². The van der Waals surface area contributed by atoms with Gasteiger partial charge in [-0.25, -0.2) is 0 Å². The molecule has 0 saturated carbocycles. The molecule has 0 aliphatic rings. The number of rotatable bonds is 2. The van der Waals surface area contributed by atoms with Crippen molar-refractivity contribution in [3.8, 4) is 11.1 Å². The van der Waals surface area contributed by atoms with Gasteiger partial charge in [0.2, 0.25) is 0 Å². The topological polar surface area (TPSA) is 42.6 Å². The van der Waals surface area contributed by atoms with Crippen molar-refractivity contribution in [2.45, 2.75) is 0 Å². The molecule has 4 rings (SSSR count). The average Bonchev–Trinajstić information content (AvgIpc) is 2.93. The molecule has 0 fully saturated rings. The van der Waals surface area contributed by atoms with Crippen LogP contribution in [0.5, 0.6) is 0 Å². The number of benzene rings is 3. The lowest BCUT2D eigenvalue weighted by atomic mass is 10.0. The lowest BCUT2D eigenvalue weighted by Gasteiger charge is -2.04. The third-order valence-electron chi connectivity index (χ3n) is 3.70. The molecule has 21 heavy (non-hydrogen) atoms. The summed E-state index contributed by atoms with van der Waals surface area (Å²) >= 11 is 0. The molecular formula is C18H11NO2. The van der Waals surface area contributed by atoms with Gasteiger partial charge in [0.15, 0.2) is 0 Å². The molecule has 4 aromatic rings. The second kappa shape index (κ2) is 4.56. The van der Waals surface area contributed by atoms with E-state index in [4.69, 9.17) is 4.42 Å². The van der Waals surface area contributed by atoms with Crippen LogP contribution in [0.15, 0.2) is 76.3 Å². The molecule has 0 atom stereocenters. The molecule has 0 amide bonds. The van der Waals surface area contributed by atoms with Crippen molar-refractivity contribution in [3.05, 3.63) is 71.6 Å². The summed E-state index contributed by atoms with van der Waals surface area (Å²) in [6.45, 7) is 0. The predicted molar refractivity (Wildman–Crippen MR) is 84.6 cm³/mol. The number of nitrogens with zero attached hydrogens (tertiary/aromatic N) is 1. The maximum atomic E-state index is 11.0. The van der Waals surface area contributed by atoms with Crippen LogP contribution in [0.4, 0.5) is 5.69 Å². The second-order valence-electron chi connectivity index (χ2n) is 4.89. The first-order valence-electron chi connectivity index (χ1n) is 6.71. The normalized spacial score (nSPS) is 11.0. The summed E-state index contributed by atoms with van der Waals surface area (Å²) in [5.74, 6) is 0. The third-order valence-corrected chi connectivity index (χ3v) is 3.70. The minimum absolute atomic E-state index is 0.422. The van der Waals surface area contributed by atoms with Crippen molar-refractivity contribution < 1.29 is 4.42 Å². The van der Waals surface area contributed by atoms with E-state index in [1.807, 2.05) is 54.6 Å². The third kappa shape index (κ3) is 1.75. The van der Waals surface area contributed by atoms with Crippen LogP contribution in [0.3, 0.4) is 0 Å². The van der Waals surface area contributed by atoms with Gasteiger partial charge in [-0.05, 0) is 17.3 Å². The van der Waals surface area contributed by atoms with Crippen LogP contribution in [-0.4, -0.2) is 0 Å². The minimum Gasteiger partial charge on any atom is -0.455 e. The number of nitroso groups, excluding NO2 is 1. The van der Waals surface area contributed by atoms with Crippen molar-refractivity contribution in [2.75, 3.05) is 0 Å². The van der Waals surface area contributed by atoms with Crippen molar-refractivity contribution in [3.63, 3.8) is 0 Å². The van der Waals surface area contributed by atoms with E-state index >= 15 is 0 Å². The molecule has 1 aromatic heterocycles. The molecule has 0 saturated heterocycles. The highest BCUT2D eigenvalue weighted by molar-refractivity contribution is 6.10. The molecule has 0 aliphatic heterocycles. The number of hydrogen-bond acceptors (Lipinski definition) is 3. The Labute approximate surface area is 120 Å². The van der Waals surface area contributed by atoms with Gasteiger partial charge in [0.1, 0.15) is 16.9 Å². The van der Waals surface area contributed by atoms with Gasteiger partial charge >= 0.3 is 0 Å². The Hall–Kier alpha value is -2.94. The lowest BCUT2D eigenvalue weighted by Crippen LogP contribution is -1.79. The van der Waals surface area contributed by atoms with Crippen LogP contribution < -0.4 is 0 Å². The average molecular weight is 273 g/mol. The smallest absolute Gasteiger partial charge is 0.143 e. The standard InChI is InChI=1S/C18H11NO2/c20-19-16-10-3-1-6-12(16)14-8-5-9-15-13-7-2-4-11-17(13)21-18(14)15/h1-11H. The van der Waals surface area contributed by atoms with E-state index in [2.05, 4.69) is 5.18 Å². The Kier molecular flexibility index (Phi) is 2.57. The zero-order valence-electron chi connectivity index (χ0n) is 11.1. The zero-order valence-corrected chi connectivity index (χ0v) is 11.1. The monoisotopic (exact) mass is 273 g/mol. The largest absolute Gasteiger partial charge is 0.455 e. The highest BCUT2D eigenvalue weighted by Gasteiger charge is 2.13. The van der Waals surface area contributed by atoms with Crippen molar-refractivity contribution in [1.29, 1.82) is 0 Å². The van der Waals surface area contributed by atoms with Crippen LogP contribution in [0.1, 0.15) is 0 Å². The van der Waals surface area contributed by atoms with Gasteiger partial charge in [-0.2, -0.15) is 0 Å². The van der Waals surface area contributed by atoms with Gasteiger partial charge in [-0.3, -0.25) is 0 Å². The Morgan fingerprint density at radius 2 is 1.43 bits per heavy atom. The van der Waals surface area contributed by atoms with E-state index in [0.717, 1.165) is 33.1 Å². The van der Waals surface area contributed by atoms with Crippen LogP contribution in [0.25, 0.3) is 33.1 Å². The second-order valence-corrected chi connectivity index (χ2v) is 4.89. The summed E-state index contributed by atoms with van der Waals surface area (Å²) in [6.07, 6.45) is 0. The SMILES string of the molecule is O=Nc1ccccc1-c1cccc2c1oc1ccccc12. The van der Waals surface area contributed by atoms with Gasteiger partial charge in [-0.15, -0.1) is 4.91 Å². The molecule has 1 heterocycles. The van der Waals surface area contributed by atoms with Crippen LogP contribution in [0.2, 0.25) is 0 Å². The Morgan fingerprint density at radius 1 is 0.714 bits per heavy atom. The molecule has 0 spiro atoms. The molecule has 0 bridgehead atoms. The van der Waals surface area contributed by atoms with E-state index in [9.17, 15) is 4.91 Å². The van der Waals surface area contributed by atoms with E-state index in [0.29, 0.717) is 5.69 Å². The first kappa shape index (κ1) is 11.9. The Balaban J connectivity index is 2.12. The van der Waals surface area contributed by atoms with E-state index in [1.165, 1.54) is 0 Å². The predicted octanol–water partition coefficient (Wildman–Crippen LogP) is 5.65. The summed E-state index contributed by atoms with van der Waals surface area (Å²) in [5, 5.41) is 5.24. The Morgan fingerprint density at radius 3 is 2.33 bits per heavy atom. The first-order chi connectivity index (χ1) is 10.4. The molecule has 100 valence electrons. The number of hydrogen-bond donors (Lipinski definition) is 0. The van der Waals surface area contributed by atoms with Crippen LogP contribution >= 0.6 is 0 Å². The number of furan rings is 1. The maximum absolute atomic E-state index is 11.0. The fourth-order valence-corrected chi connectivity index (χ4v) is 2.74. The van der Waals surface area contributed by atoms with E-state index < -0.39 is 0 Å². The van der Waals surface area contributed by atoms with Crippen molar-refractivity contribution in [1.82, 2.24) is 0 Å². The summed E-state index contributed by atoms with van der Waals surface area (Å²) in [5.41, 5.74) is 3.73. The van der Waals surface area contributed by atoms with E-state index in [1.54, 1.807) is 12.1 Å². The van der Waals surface area contributed by atoms with Crippen molar-refractivity contribution >= 4 is 27.6 Å². The fourth-order valence-electron chi connectivity index (χ4n) is 2.74. The molecule has 0 unspecified atom stereocenters. The summed E-state index contributed by atoms with van der Waals surface area (Å²) in [6, 6.07) is 21.2. The molecule has 3 aromatic carbocycles. The van der Waals surface area contributed by atoms with Crippen LogP contribution in [0, 0.1) is 4.91 Å². The summed E-state index contributed by atoms with van der Waals surface area (Å²) in [7, 11) is 0. The zero-order chi connectivity index (χ0) is 14.2. The highest BCUT2D eigenvalue weighted by atomic mass is 16.3. The molecule has 3 heteroatoms. The van der Waals surface area contributed by atoms with Gasteiger partial charge in [0.05, 0.1) is 0 Å². The van der Waals surface area contributed by atoms with E-state index in [-0.39, 0.29) is 0 Å². The molecule has 0 radical (unpaired) electrons. The van der Waals surface area contributed by atoms with Gasteiger partial charge in [0, 0.05) is 21.9 Å². The fraction of sp³-hybridized carbons (Fsp3) is 0. The highest BCUT2D eigenvalue weighted by Crippen LogP contribution is 2.38. The molecule has 0 aliphatic carbocycles. The summed E-state index contributed by atoms with van der Waals surface area (Å²) < 4.78 is 5.99. The molecule has 0 N–H and O–H groups in total. The minimum atomic E-state index is 0.422. The first-order valence-corrected chi connectivity index (χ1v) is 6.71. The molecule has 3 nitrogen and oxygen atoms in total. The lowest BCUT2D eigenvalue weighted by molar-refractivity contribution is 0.670. The van der Waals surface area contributed by atoms with Gasteiger partial charge in [0.25, 0.3) is 0 Å². The summed E-state index contributed by atoms with van der Waals surface area (Å²) in [4.78, 5) is 11.0. The quantitative estimate of drug-likeness (QED) is 0.443. The Bertz CT molecular complexity index is 969. The number of fused-ring (bicyclic) bond motifs is 3. The van der Waals surface area contributed by atoms with Crippen molar-refractivity contribution in [2.24, 2.45) is 5.18 Å². The maximum Gasteiger partial charge on any atom is 0.143 e. The number of para-hydroxylation sites is 2. The van der Waals surface area contributed by atoms with Crippen LogP contribution in [-0.2, 0) is 0 Å². The van der Waals surface area contributed by atoms with Gasteiger partial charge in [-0.1, -0.05) is 54.6 Å².